The van der Waals surface area contributed by atoms with Gasteiger partial charge in [0.2, 0.25) is 0 Å². The smallest absolute Gasteiger partial charge is 0.133 e. The van der Waals surface area contributed by atoms with E-state index in [1.54, 1.807) is 0 Å². The quantitative estimate of drug-likeness (QED) is 0.442. The summed E-state index contributed by atoms with van der Waals surface area (Å²) in [4.78, 5) is 1.60. The molecule has 184 valence electrons. The van der Waals surface area contributed by atoms with E-state index in [1.165, 1.54) is 11.8 Å². The number of phenolic OH excluding ortho intramolecular Hbond substituents is 2. The van der Waals surface area contributed by atoms with Crippen LogP contribution in [0.15, 0.2) is 34.1 Å². The number of hydrogen-bond donors (Lipinski definition) is 2. The van der Waals surface area contributed by atoms with Gasteiger partial charge in [0.05, 0.1) is 9.79 Å². The second kappa shape index (κ2) is 9.21. The van der Waals surface area contributed by atoms with Crippen LogP contribution in [0.25, 0.3) is 0 Å². The largest absolute Gasteiger partial charge is 0.506 e. The summed E-state index contributed by atoms with van der Waals surface area (Å²) < 4.78 is 0. The lowest BCUT2D eigenvalue weighted by atomic mass is 9.72. The Hall–Kier alpha value is -1.61. The lowest BCUT2D eigenvalue weighted by Crippen LogP contribution is -2.25. The molecule has 0 aliphatic carbocycles. The molecular formula is C30H46O2S. The van der Waals surface area contributed by atoms with Gasteiger partial charge in [-0.15, -0.1) is 0 Å². The van der Waals surface area contributed by atoms with Crippen LogP contribution in [0.5, 0.6) is 11.5 Å². The van der Waals surface area contributed by atoms with Crippen molar-refractivity contribution in [3.8, 4) is 11.5 Å². The van der Waals surface area contributed by atoms with Gasteiger partial charge in [-0.2, -0.15) is 0 Å². The predicted octanol–water partition coefficient (Wildman–Crippen LogP) is 9.29. The van der Waals surface area contributed by atoms with Crippen molar-refractivity contribution < 1.29 is 10.2 Å². The van der Waals surface area contributed by atoms with Crippen LogP contribution in [0.4, 0.5) is 0 Å². The van der Waals surface area contributed by atoms with Gasteiger partial charge in [0.25, 0.3) is 0 Å². The summed E-state index contributed by atoms with van der Waals surface area (Å²) in [6, 6.07) is 8.27. The first-order valence-corrected chi connectivity index (χ1v) is 12.9. The highest BCUT2D eigenvalue weighted by Crippen LogP contribution is 2.49. The standard InChI is InChI=1S/C30H46O2S/c1-19-13-21(29(9,10)17-27(3,4)5)25(31)23(15-19)33-24-16-20(2)14-22(26(24)32)30(11,12)18-28(6,7)8/h13-16,31-32H,17-18H2,1-12H3. The molecule has 2 aromatic carbocycles. The van der Waals surface area contributed by atoms with Crippen molar-refractivity contribution in [2.75, 3.05) is 0 Å². The number of aryl methyl sites for hydroxylation is 2. The molecular weight excluding hydrogens is 424 g/mol. The summed E-state index contributed by atoms with van der Waals surface area (Å²) in [6.07, 6.45) is 1.92. The Morgan fingerprint density at radius 1 is 0.576 bits per heavy atom. The number of rotatable bonds is 6. The van der Waals surface area contributed by atoms with Crippen LogP contribution in [0.2, 0.25) is 0 Å². The molecule has 0 spiro atoms. The van der Waals surface area contributed by atoms with E-state index < -0.39 is 0 Å². The minimum absolute atomic E-state index is 0.148. The summed E-state index contributed by atoms with van der Waals surface area (Å²) in [5.41, 5.74) is 4.14. The highest BCUT2D eigenvalue weighted by atomic mass is 32.2. The normalized spacial score (nSPS) is 13.5. The summed E-state index contributed by atoms with van der Waals surface area (Å²) in [5, 5.41) is 22.7. The third-order valence-electron chi connectivity index (χ3n) is 6.06. The fourth-order valence-corrected chi connectivity index (χ4v) is 6.78. The third-order valence-corrected chi connectivity index (χ3v) is 7.12. The van der Waals surface area contributed by atoms with Crippen molar-refractivity contribution in [2.24, 2.45) is 10.8 Å². The Morgan fingerprint density at radius 3 is 1.15 bits per heavy atom. The van der Waals surface area contributed by atoms with Gasteiger partial charge < -0.3 is 10.2 Å². The van der Waals surface area contributed by atoms with Gasteiger partial charge in [-0.25, -0.2) is 0 Å². The number of phenols is 2. The van der Waals surface area contributed by atoms with E-state index in [2.05, 4.69) is 95.2 Å². The Labute approximate surface area is 207 Å². The molecule has 0 atom stereocenters. The van der Waals surface area contributed by atoms with Crippen molar-refractivity contribution in [3.63, 3.8) is 0 Å². The Morgan fingerprint density at radius 2 is 0.879 bits per heavy atom. The van der Waals surface area contributed by atoms with E-state index >= 15 is 0 Å². The van der Waals surface area contributed by atoms with Crippen LogP contribution < -0.4 is 0 Å². The second-order valence-electron chi connectivity index (χ2n) is 13.7. The van der Waals surface area contributed by atoms with Gasteiger partial charge in [-0.05, 0) is 71.6 Å². The maximum Gasteiger partial charge on any atom is 0.133 e. The van der Waals surface area contributed by atoms with Crippen LogP contribution in [0.3, 0.4) is 0 Å². The predicted molar refractivity (Wildman–Crippen MR) is 144 cm³/mol. The Bertz CT molecular complexity index is 920. The fraction of sp³-hybridized carbons (Fsp3) is 0.600. The zero-order valence-electron chi connectivity index (χ0n) is 23.0. The minimum atomic E-state index is -0.168. The molecule has 33 heavy (non-hydrogen) atoms. The summed E-state index contributed by atoms with van der Waals surface area (Å²) in [6.45, 7) is 26.4. The molecule has 2 rings (SSSR count). The molecule has 0 aromatic heterocycles. The Kier molecular flexibility index (Phi) is 7.71. The van der Waals surface area contributed by atoms with Gasteiger partial charge in [0, 0.05) is 11.1 Å². The molecule has 0 radical (unpaired) electrons. The van der Waals surface area contributed by atoms with Gasteiger partial charge in [-0.1, -0.05) is 93.1 Å². The molecule has 0 heterocycles. The average molecular weight is 471 g/mol. The number of hydrogen-bond acceptors (Lipinski definition) is 3. The molecule has 0 saturated carbocycles. The van der Waals surface area contributed by atoms with E-state index in [0.29, 0.717) is 11.5 Å². The molecule has 2 nitrogen and oxygen atoms in total. The maximum absolute atomic E-state index is 11.3. The molecule has 0 unspecified atom stereocenters. The molecule has 0 fully saturated rings. The molecule has 0 bridgehead atoms. The number of aromatic hydroxyl groups is 2. The topological polar surface area (TPSA) is 40.5 Å². The lowest BCUT2D eigenvalue weighted by molar-refractivity contribution is 0.277. The van der Waals surface area contributed by atoms with Crippen LogP contribution in [0, 0.1) is 24.7 Å². The summed E-state index contributed by atoms with van der Waals surface area (Å²) in [5.74, 6) is 0.660. The first-order valence-electron chi connectivity index (χ1n) is 12.1. The average Bonchev–Trinajstić information content (AvgIpc) is 2.56. The summed E-state index contributed by atoms with van der Waals surface area (Å²) >= 11 is 1.47. The van der Waals surface area contributed by atoms with Gasteiger partial charge in [-0.3, -0.25) is 0 Å². The summed E-state index contributed by atoms with van der Waals surface area (Å²) in [7, 11) is 0. The van der Waals surface area contributed by atoms with E-state index in [4.69, 9.17) is 0 Å². The monoisotopic (exact) mass is 470 g/mol. The molecule has 0 aliphatic rings. The maximum atomic E-state index is 11.3. The van der Waals surface area contributed by atoms with Crippen molar-refractivity contribution in [3.05, 3.63) is 46.5 Å². The SMILES string of the molecule is Cc1cc(Sc2cc(C)cc(C(C)(C)CC(C)(C)C)c2O)c(O)c(C(C)(C)CC(C)(C)C)c1. The van der Waals surface area contributed by atoms with Crippen LogP contribution >= 0.6 is 11.8 Å². The molecule has 0 saturated heterocycles. The molecule has 2 aromatic rings. The van der Waals surface area contributed by atoms with E-state index in [-0.39, 0.29) is 21.7 Å². The minimum Gasteiger partial charge on any atom is -0.506 e. The lowest BCUT2D eigenvalue weighted by Gasteiger charge is -2.34. The van der Waals surface area contributed by atoms with Crippen LogP contribution in [-0.4, -0.2) is 10.2 Å². The van der Waals surface area contributed by atoms with Crippen molar-refractivity contribution in [1.82, 2.24) is 0 Å². The van der Waals surface area contributed by atoms with Crippen molar-refractivity contribution >= 4 is 11.8 Å². The van der Waals surface area contributed by atoms with E-state index in [0.717, 1.165) is 44.9 Å². The fourth-order valence-electron chi connectivity index (χ4n) is 5.64. The van der Waals surface area contributed by atoms with E-state index in [9.17, 15) is 10.2 Å². The zero-order valence-corrected chi connectivity index (χ0v) is 23.8. The van der Waals surface area contributed by atoms with Crippen molar-refractivity contribution in [1.29, 1.82) is 0 Å². The van der Waals surface area contributed by atoms with Gasteiger partial charge >= 0.3 is 0 Å². The molecule has 3 heteroatoms. The molecule has 2 N–H and O–H groups in total. The first-order chi connectivity index (χ1) is 14.7. The molecule has 0 amide bonds. The van der Waals surface area contributed by atoms with E-state index in [1.807, 2.05) is 12.1 Å². The Balaban J connectivity index is 2.56. The first kappa shape index (κ1) is 27.6. The van der Waals surface area contributed by atoms with Crippen LogP contribution in [-0.2, 0) is 10.8 Å². The van der Waals surface area contributed by atoms with Gasteiger partial charge in [0.15, 0.2) is 0 Å². The van der Waals surface area contributed by atoms with Crippen molar-refractivity contribution in [2.45, 2.75) is 117 Å². The second-order valence-corrected chi connectivity index (χ2v) is 14.7. The number of benzene rings is 2. The van der Waals surface area contributed by atoms with Crippen LogP contribution in [0.1, 0.15) is 104 Å². The van der Waals surface area contributed by atoms with Gasteiger partial charge in [0.1, 0.15) is 11.5 Å². The molecule has 0 aliphatic heterocycles. The zero-order chi connectivity index (χ0) is 25.6. The third kappa shape index (κ3) is 7.18. The highest BCUT2D eigenvalue weighted by molar-refractivity contribution is 7.99. The highest BCUT2D eigenvalue weighted by Gasteiger charge is 2.33.